The van der Waals surface area contributed by atoms with Crippen molar-refractivity contribution in [1.29, 1.82) is 0 Å². The molecule has 1 aliphatic heterocycles. The maximum Gasteiger partial charge on any atom is 0.244 e. The molecular formula is C18H20BrN3O3S2. The summed E-state index contributed by atoms with van der Waals surface area (Å²) < 4.78 is 27.5. The van der Waals surface area contributed by atoms with E-state index in [1.165, 1.54) is 22.3 Å². The average molecular weight is 470 g/mol. The molecule has 1 aromatic heterocycles. The molecule has 0 unspecified atom stereocenters. The minimum Gasteiger partial charge on any atom is -0.325 e. The van der Waals surface area contributed by atoms with Crippen LogP contribution in [0.2, 0.25) is 0 Å². The van der Waals surface area contributed by atoms with Gasteiger partial charge in [0.2, 0.25) is 15.9 Å². The first-order valence-electron chi connectivity index (χ1n) is 8.55. The summed E-state index contributed by atoms with van der Waals surface area (Å²) in [6.45, 7) is 2.91. The number of benzene rings is 1. The lowest BCUT2D eigenvalue weighted by Gasteiger charge is -2.15. The number of aromatic nitrogens is 1. The molecule has 2 heterocycles. The van der Waals surface area contributed by atoms with Gasteiger partial charge in [-0.2, -0.15) is 4.31 Å². The van der Waals surface area contributed by atoms with Crippen molar-refractivity contribution in [3.8, 4) is 0 Å². The van der Waals surface area contributed by atoms with Crippen molar-refractivity contribution in [1.82, 2.24) is 9.29 Å². The number of nitrogens with zero attached hydrogens (tertiary/aromatic N) is 2. The predicted molar refractivity (Wildman–Crippen MR) is 110 cm³/mol. The van der Waals surface area contributed by atoms with Crippen LogP contribution in [0.3, 0.4) is 0 Å². The topological polar surface area (TPSA) is 79.4 Å². The molecule has 6 nitrogen and oxygen atoms in total. The summed E-state index contributed by atoms with van der Waals surface area (Å²) in [5, 5.41) is 3.08. The van der Waals surface area contributed by atoms with Crippen molar-refractivity contribution in [2.75, 3.05) is 18.4 Å². The van der Waals surface area contributed by atoms with E-state index in [1.807, 2.05) is 24.3 Å². The van der Waals surface area contributed by atoms with Gasteiger partial charge >= 0.3 is 0 Å². The summed E-state index contributed by atoms with van der Waals surface area (Å²) in [4.78, 5) is 16.8. The van der Waals surface area contributed by atoms with Gasteiger partial charge in [-0.25, -0.2) is 13.4 Å². The van der Waals surface area contributed by atoms with Gasteiger partial charge in [-0.3, -0.25) is 4.79 Å². The monoisotopic (exact) mass is 469 g/mol. The first-order valence-corrected chi connectivity index (χ1v) is 11.7. The highest BCUT2D eigenvalue weighted by Gasteiger charge is 2.27. The molecule has 1 N–H and O–H groups in total. The Morgan fingerprint density at radius 2 is 1.85 bits per heavy atom. The highest BCUT2D eigenvalue weighted by atomic mass is 79.9. The summed E-state index contributed by atoms with van der Waals surface area (Å²) in [6, 6.07) is 10.5. The van der Waals surface area contributed by atoms with Crippen molar-refractivity contribution in [3.63, 3.8) is 0 Å². The van der Waals surface area contributed by atoms with Crippen molar-refractivity contribution < 1.29 is 13.2 Å². The Balaban J connectivity index is 1.61. The molecule has 9 heteroatoms. The normalized spacial score (nSPS) is 16.2. The number of carbonyl (C=O) groups is 1. The lowest BCUT2D eigenvalue weighted by atomic mass is 10.3. The van der Waals surface area contributed by atoms with Crippen LogP contribution in [0, 0.1) is 0 Å². The average Bonchev–Trinajstić information content (AvgIpc) is 3.19. The number of hydrogen-bond donors (Lipinski definition) is 1. The largest absolute Gasteiger partial charge is 0.325 e. The number of pyridine rings is 1. The molecule has 0 aliphatic carbocycles. The van der Waals surface area contributed by atoms with E-state index < -0.39 is 10.0 Å². The van der Waals surface area contributed by atoms with Crippen LogP contribution in [0.4, 0.5) is 5.69 Å². The zero-order valence-electron chi connectivity index (χ0n) is 14.8. The number of amides is 1. The highest BCUT2D eigenvalue weighted by molar-refractivity contribution is 9.10. The molecule has 0 bridgehead atoms. The molecule has 0 spiro atoms. The van der Waals surface area contributed by atoms with Crippen LogP contribution in [-0.2, 0) is 14.8 Å². The van der Waals surface area contributed by atoms with Crippen LogP contribution in [0.1, 0.15) is 19.8 Å². The first kappa shape index (κ1) is 20.3. The second-order valence-corrected chi connectivity index (χ2v) is 10.4. The van der Waals surface area contributed by atoms with Crippen LogP contribution in [-0.4, -0.2) is 42.0 Å². The number of carbonyl (C=O) groups excluding carboxylic acids is 1. The predicted octanol–water partition coefficient (Wildman–Crippen LogP) is 3.75. The van der Waals surface area contributed by atoms with E-state index in [-0.39, 0.29) is 16.1 Å². The molecular weight excluding hydrogens is 450 g/mol. The van der Waals surface area contributed by atoms with Gasteiger partial charge in [0.1, 0.15) is 4.90 Å². The van der Waals surface area contributed by atoms with E-state index in [0.717, 1.165) is 23.0 Å². The zero-order valence-corrected chi connectivity index (χ0v) is 18.0. The molecule has 0 radical (unpaired) electrons. The third-order valence-electron chi connectivity index (χ3n) is 4.19. The third-order valence-corrected chi connectivity index (χ3v) is 7.65. The quantitative estimate of drug-likeness (QED) is 0.651. The molecule has 3 rings (SSSR count). The number of hydrogen-bond acceptors (Lipinski definition) is 5. The number of halogens is 1. The summed E-state index contributed by atoms with van der Waals surface area (Å²) in [6.07, 6.45) is 3.16. The number of nitrogens with one attached hydrogen (secondary N) is 1. The van der Waals surface area contributed by atoms with Crippen molar-refractivity contribution in [2.24, 2.45) is 0 Å². The van der Waals surface area contributed by atoms with Crippen LogP contribution in [0.15, 0.2) is 57.0 Å². The molecule has 2 aromatic rings. The van der Waals surface area contributed by atoms with Crippen LogP contribution in [0.25, 0.3) is 0 Å². The maximum absolute atomic E-state index is 12.5. The van der Waals surface area contributed by atoms with E-state index >= 15 is 0 Å². The Kier molecular flexibility index (Phi) is 6.56. The fourth-order valence-electron chi connectivity index (χ4n) is 2.68. The van der Waals surface area contributed by atoms with Gasteiger partial charge in [-0.15, -0.1) is 0 Å². The molecule has 0 saturated carbocycles. The lowest BCUT2D eigenvalue weighted by Crippen LogP contribution is -2.28. The van der Waals surface area contributed by atoms with Crippen molar-refractivity contribution in [2.45, 2.75) is 34.9 Å². The molecule has 1 amide bonds. The standard InChI is InChI=1S/C18H20BrN3O3S2/c1-13(18(23)21-15-6-4-14(19)5-7-15)26-17-9-8-16(12-20-17)27(24,25)22-10-2-3-11-22/h4-9,12-13H,2-3,10-11H2,1H3,(H,21,23)/t13-/m0/s1. The maximum atomic E-state index is 12.5. The molecule has 1 aromatic carbocycles. The highest BCUT2D eigenvalue weighted by Crippen LogP contribution is 2.25. The fraction of sp³-hybridized carbons (Fsp3) is 0.333. The van der Waals surface area contributed by atoms with Gasteiger partial charge in [0, 0.05) is 29.4 Å². The second-order valence-electron chi connectivity index (χ2n) is 6.20. The van der Waals surface area contributed by atoms with Gasteiger partial charge in [-0.05, 0) is 56.2 Å². The SMILES string of the molecule is C[C@H](Sc1ccc(S(=O)(=O)N2CCCC2)cn1)C(=O)Nc1ccc(Br)cc1. The van der Waals surface area contributed by atoms with Gasteiger partial charge in [0.15, 0.2) is 0 Å². The smallest absolute Gasteiger partial charge is 0.244 e. The van der Waals surface area contributed by atoms with Crippen molar-refractivity contribution >= 4 is 49.3 Å². The second kappa shape index (κ2) is 8.72. The molecule has 1 atom stereocenters. The third kappa shape index (κ3) is 5.10. The van der Waals surface area contributed by atoms with E-state index in [0.29, 0.717) is 18.1 Å². The van der Waals surface area contributed by atoms with E-state index in [4.69, 9.17) is 0 Å². The minimum atomic E-state index is -3.47. The van der Waals surface area contributed by atoms with E-state index in [2.05, 4.69) is 26.2 Å². The Morgan fingerprint density at radius 3 is 2.44 bits per heavy atom. The Labute approximate surface area is 171 Å². The molecule has 1 aliphatic rings. The van der Waals surface area contributed by atoms with E-state index in [1.54, 1.807) is 19.1 Å². The minimum absolute atomic E-state index is 0.141. The van der Waals surface area contributed by atoms with E-state index in [9.17, 15) is 13.2 Å². The molecule has 144 valence electrons. The summed E-state index contributed by atoms with van der Waals surface area (Å²) in [5.74, 6) is -0.141. The number of sulfonamides is 1. The lowest BCUT2D eigenvalue weighted by molar-refractivity contribution is -0.115. The summed E-state index contributed by atoms with van der Waals surface area (Å²) in [5.41, 5.74) is 0.718. The van der Waals surface area contributed by atoms with Gasteiger partial charge in [-0.1, -0.05) is 27.7 Å². The first-order chi connectivity index (χ1) is 12.9. The Hall–Kier alpha value is -1.42. The van der Waals surface area contributed by atoms with Gasteiger partial charge in [0.25, 0.3) is 0 Å². The fourth-order valence-corrected chi connectivity index (χ4v) is 5.19. The number of rotatable bonds is 6. The number of anilines is 1. The summed E-state index contributed by atoms with van der Waals surface area (Å²) in [7, 11) is -3.47. The van der Waals surface area contributed by atoms with Crippen LogP contribution >= 0.6 is 27.7 Å². The Morgan fingerprint density at radius 1 is 1.19 bits per heavy atom. The summed E-state index contributed by atoms with van der Waals surface area (Å²) >= 11 is 4.64. The Bertz CT molecular complexity index is 896. The van der Waals surface area contributed by atoms with Crippen LogP contribution in [0.5, 0.6) is 0 Å². The van der Waals surface area contributed by atoms with Crippen LogP contribution < -0.4 is 5.32 Å². The number of thioether (sulfide) groups is 1. The van der Waals surface area contributed by atoms with Gasteiger partial charge < -0.3 is 5.32 Å². The molecule has 27 heavy (non-hydrogen) atoms. The van der Waals surface area contributed by atoms with Gasteiger partial charge in [0.05, 0.1) is 10.3 Å². The van der Waals surface area contributed by atoms with Crippen molar-refractivity contribution in [3.05, 3.63) is 47.1 Å². The molecule has 1 saturated heterocycles. The zero-order chi connectivity index (χ0) is 19.4. The molecule has 1 fully saturated rings.